The first kappa shape index (κ1) is 32.4. The molecule has 7 rings (SSSR count). The number of primary amides is 1. The fraction of sp³-hybridized carbons (Fsp3) is 0.257. The van der Waals surface area contributed by atoms with E-state index >= 15 is 8.78 Å². The van der Waals surface area contributed by atoms with Gasteiger partial charge < -0.3 is 25.6 Å². The predicted octanol–water partition coefficient (Wildman–Crippen LogP) is 5.15. The molecule has 0 saturated heterocycles. The Morgan fingerprint density at radius 3 is 2.57 bits per heavy atom. The van der Waals surface area contributed by atoms with Gasteiger partial charge in [-0.15, -0.1) is 0 Å². The highest BCUT2D eigenvalue weighted by Crippen LogP contribution is 2.47. The molecule has 2 aromatic carbocycles. The summed E-state index contributed by atoms with van der Waals surface area (Å²) < 4.78 is 58.0. The predicted molar refractivity (Wildman–Crippen MR) is 172 cm³/mol. The molecule has 1 aliphatic heterocycles. The van der Waals surface area contributed by atoms with E-state index in [0.29, 0.717) is 23.4 Å². The Kier molecular flexibility index (Phi) is 7.79. The molecule has 1 saturated carbocycles. The van der Waals surface area contributed by atoms with Gasteiger partial charge in [-0.2, -0.15) is 5.10 Å². The zero-order chi connectivity index (χ0) is 34.8. The number of carbonyl (C=O) groups excluding carboxylic acids is 2. The van der Waals surface area contributed by atoms with Crippen LogP contribution >= 0.6 is 11.6 Å². The molecule has 252 valence electrons. The minimum Gasteiger partial charge on any atom is -0.489 e. The Balaban J connectivity index is 1.36. The Bertz CT molecular complexity index is 2190. The first-order chi connectivity index (χ1) is 23.3. The second-order valence-electron chi connectivity index (χ2n) is 12.5. The van der Waals surface area contributed by atoms with E-state index in [2.05, 4.69) is 15.4 Å². The largest absolute Gasteiger partial charge is 0.489 e. The lowest BCUT2D eigenvalue weighted by Crippen LogP contribution is -2.44. The van der Waals surface area contributed by atoms with Gasteiger partial charge in [0, 0.05) is 40.3 Å². The number of carbonyl (C=O) groups is 2. The van der Waals surface area contributed by atoms with E-state index in [9.17, 15) is 19.1 Å². The normalized spacial score (nSPS) is 18.1. The van der Waals surface area contributed by atoms with Crippen LogP contribution in [-0.4, -0.2) is 51.8 Å². The number of hydrogen-bond donors (Lipinski definition) is 3. The van der Waals surface area contributed by atoms with E-state index in [0.717, 1.165) is 30.7 Å². The van der Waals surface area contributed by atoms with Crippen LogP contribution in [0.1, 0.15) is 58.6 Å². The monoisotopic (exact) mass is 691 g/mol. The Morgan fingerprint density at radius 2 is 1.88 bits per heavy atom. The van der Waals surface area contributed by atoms with Gasteiger partial charge in [0.05, 0.1) is 35.6 Å². The molecule has 1 fully saturated rings. The van der Waals surface area contributed by atoms with Crippen molar-refractivity contribution in [2.75, 3.05) is 20.3 Å². The lowest BCUT2D eigenvalue weighted by molar-refractivity contribution is -0.123. The molecule has 0 unspecified atom stereocenters. The van der Waals surface area contributed by atoms with E-state index < -0.39 is 51.8 Å². The highest BCUT2D eigenvalue weighted by Gasteiger charge is 2.46. The first-order valence-corrected chi connectivity index (χ1v) is 15.7. The molecule has 3 aromatic heterocycles. The van der Waals surface area contributed by atoms with Crippen LogP contribution in [0.4, 0.5) is 13.2 Å². The van der Waals surface area contributed by atoms with Gasteiger partial charge in [-0.05, 0) is 50.1 Å². The van der Waals surface area contributed by atoms with E-state index in [1.807, 2.05) is 6.07 Å². The summed E-state index contributed by atoms with van der Waals surface area (Å²) in [6, 6.07) is 13.1. The highest BCUT2D eigenvalue weighted by atomic mass is 35.5. The lowest BCUT2D eigenvalue weighted by atomic mass is 9.80. The first-order valence-electron chi connectivity index (χ1n) is 15.3. The zero-order valence-corrected chi connectivity index (χ0v) is 26.9. The maximum atomic E-state index is 15.6. The van der Waals surface area contributed by atoms with Crippen molar-refractivity contribution in [1.82, 2.24) is 19.9 Å². The number of aromatic nitrogens is 3. The van der Waals surface area contributed by atoms with Crippen LogP contribution in [0.25, 0.3) is 16.8 Å². The maximum Gasteiger partial charge on any atom is 0.251 e. The van der Waals surface area contributed by atoms with E-state index in [-0.39, 0.29) is 46.0 Å². The number of amides is 2. The topological polar surface area (TPSA) is 141 Å². The van der Waals surface area contributed by atoms with Crippen molar-refractivity contribution >= 4 is 28.9 Å². The second-order valence-corrected chi connectivity index (χ2v) is 12.9. The smallest absolute Gasteiger partial charge is 0.251 e. The average Bonchev–Trinajstić information content (AvgIpc) is 3.75. The van der Waals surface area contributed by atoms with Gasteiger partial charge >= 0.3 is 0 Å². The lowest BCUT2D eigenvalue weighted by Gasteiger charge is -2.30. The number of benzene rings is 2. The molecule has 4 N–H and O–H groups in total. The van der Waals surface area contributed by atoms with E-state index in [4.69, 9.17) is 26.8 Å². The molecular formula is C35H29ClF3N5O5. The minimum atomic E-state index is -2.42. The van der Waals surface area contributed by atoms with Crippen LogP contribution in [-0.2, 0) is 15.8 Å². The van der Waals surface area contributed by atoms with Crippen LogP contribution < -0.4 is 20.5 Å². The summed E-state index contributed by atoms with van der Waals surface area (Å²) >= 11 is 6.01. The minimum absolute atomic E-state index is 0.0571. The fourth-order valence-corrected chi connectivity index (χ4v) is 6.22. The number of methoxy groups -OCH3 is 1. The number of nitrogens with two attached hydrogens (primary N) is 1. The number of pyridine rings is 2. The van der Waals surface area contributed by atoms with E-state index in [1.165, 1.54) is 44.4 Å². The van der Waals surface area contributed by atoms with Crippen LogP contribution in [0.2, 0.25) is 5.02 Å². The van der Waals surface area contributed by atoms with Crippen molar-refractivity contribution in [2.45, 2.75) is 36.7 Å². The molecule has 49 heavy (non-hydrogen) atoms. The molecule has 2 amide bonds. The van der Waals surface area contributed by atoms with Crippen LogP contribution in [0.15, 0.2) is 60.7 Å². The molecule has 0 radical (unpaired) electrons. The number of aliphatic hydroxyl groups is 1. The molecule has 10 nitrogen and oxygen atoms in total. The molecular weight excluding hydrogens is 663 g/mol. The Hall–Kier alpha value is -5.14. The fourth-order valence-electron chi connectivity index (χ4n) is 6.06. The highest BCUT2D eigenvalue weighted by molar-refractivity contribution is 6.31. The van der Waals surface area contributed by atoms with E-state index in [1.54, 1.807) is 10.6 Å². The third kappa shape index (κ3) is 5.42. The van der Waals surface area contributed by atoms with Gasteiger partial charge in [-0.25, -0.2) is 22.7 Å². The molecule has 5 aromatic rings. The third-order valence-corrected chi connectivity index (χ3v) is 9.43. The summed E-state index contributed by atoms with van der Waals surface area (Å²) in [6.45, 7) is 0.586. The standard InChI is InChI=1S/C35H29ClF3N5O5/c1-34(33(40)46)16-49-31-22(34)13-28(42-30(31)20-12-23(36)26(39)14-25(20)38)35(47,21-5-3-4-6-24(21)37)15-41-32(45)18-9-19-11-27(17-7-8-17)43-44(19)29(10-18)48-2/h3-6,9-14,17,47H,7-8,15-16H2,1-2H3,(H2,40,46)(H,41,45)/t34-,35+/m0/s1. The molecule has 2 atom stereocenters. The van der Waals surface area contributed by atoms with Gasteiger partial charge in [0.15, 0.2) is 5.60 Å². The number of hydrogen-bond acceptors (Lipinski definition) is 7. The average molecular weight is 692 g/mol. The van der Waals surface area contributed by atoms with Crippen molar-refractivity contribution in [3.05, 3.63) is 111 Å². The molecule has 0 spiro atoms. The number of fused-ring (bicyclic) bond motifs is 2. The summed E-state index contributed by atoms with van der Waals surface area (Å²) in [5.74, 6) is -3.79. The molecule has 1 aliphatic carbocycles. The van der Waals surface area contributed by atoms with Gasteiger partial charge in [-0.3, -0.25) is 9.59 Å². The quantitative estimate of drug-likeness (QED) is 0.182. The number of nitrogens with zero attached hydrogens (tertiary/aromatic N) is 3. The number of ether oxygens (including phenoxy) is 2. The number of halogens is 4. The maximum absolute atomic E-state index is 15.6. The summed E-state index contributed by atoms with van der Waals surface area (Å²) in [7, 11) is 1.45. The third-order valence-electron chi connectivity index (χ3n) is 9.14. The molecule has 14 heteroatoms. The number of nitrogens with one attached hydrogen (secondary N) is 1. The van der Waals surface area contributed by atoms with Crippen molar-refractivity contribution in [1.29, 1.82) is 0 Å². The summed E-state index contributed by atoms with van der Waals surface area (Å²) in [4.78, 5) is 30.9. The van der Waals surface area contributed by atoms with Crippen LogP contribution in [0.3, 0.4) is 0 Å². The van der Waals surface area contributed by atoms with Gasteiger partial charge in [0.1, 0.15) is 40.9 Å². The number of rotatable bonds is 9. The molecule has 4 heterocycles. The second kappa shape index (κ2) is 11.8. The zero-order valence-electron chi connectivity index (χ0n) is 26.2. The van der Waals surface area contributed by atoms with Crippen molar-refractivity contribution in [3.8, 4) is 22.9 Å². The van der Waals surface area contributed by atoms with Crippen molar-refractivity contribution in [3.63, 3.8) is 0 Å². The summed E-state index contributed by atoms with van der Waals surface area (Å²) in [5, 5.41) is 19.3. The van der Waals surface area contributed by atoms with Crippen molar-refractivity contribution < 1.29 is 37.3 Å². The SMILES string of the molecule is COc1cc(C(=O)NC[C@](O)(c2cc3c(c(-c4cc(Cl)c(F)cc4F)n2)OC[C@]3(C)C(N)=O)c2ccccc2F)cc2cc(C3CC3)nn12. The molecule has 0 bridgehead atoms. The summed E-state index contributed by atoms with van der Waals surface area (Å²) in [6.07, 6.45) is 2.05. The van der Waals surface area contributed by atoms with Gasteiger partial charge in [0.2, 0.25) is 11.8 Å². The Labute approximate surface area is 282 Å². The Morgan fingerprint density at radius 1 is 1.12 bits per heavy atom. The van der Waals surface area contributed by atoms with Crippen LogP contribution in [0.5, 0.6) is 11.6 Å². The van der Waals surface area contributed by atoms with Gasteiger partial charge in [-0.1, -0.05) is 29.8 Å². The van der Waals surface area contributed by atoms with Crippen molar-refractivity contribution in [2.24, 2.45) is 5.73 Å². The molecule has 2 aliphatic rings. The van der Waals surface area contributed by atoms with Gasteiger partial charge in [0.25, 0.3) is 5.91 Å². The van der Waals surface area contributed by atoms with Crippen LogP contribution in [0, 0.1) is 17.5 Å². The summed E-state index contributed by atoms with van der Waals surface area (Å²) in [5.41, 5.74) is 2.50.